The van der Waals surface area contributed by atoms with Crippen LogP contribution >= 0.6 is 0 Å². The Kier molecular flexibility index (Phi) is 10.7. The molecule has 4 atom stereocenters. The number of benzene rings is 2. The lowest BCUT2D eigenvalue weighted by Crippen LogP contribution is -2.71. The van der Waals surface area contributed by atoms with E-state index in [4.69, 9.17) is 5.73 Å². The standard InChI is InChI=1S/C37H49N5O6/c1-22-27-14-8-7-13-25(27)18-29(22)34(45)40-23(2)33(44)41-31(19-26-20-39-30-16-10-9-15-28(26)30)35(46)42-32(17-24-11-5-4-6-12-24)37(47,48)36(3,38)21-43/h7-10,13-16,20,23-24,31-32,39,43,47-48H,4-6,11-12,17-19,21,38H2,1-3H3,(H,40,45)(H,41,44)(H,42,46)/t23-,31+,32+,36+/m1/s1. The molecule has 3 aromatic rings. The monoisotopic (exact) mass is 659 g/mol. The molecule has 2 aliphatic rings. The fraction of sp³-hybridized carbons (Fsp3) is 0.486. The number of H-pyrrole nitrogens is 1. The Morgan fingerprint density at radius 1 is 0.979 bits per heavy atom. The Balaban J connectivity index is 1.37. The number of aromatic amines is 1. The first-order valence-electron chi connectivity index (χ1n) is 16.9. The number of allylic oxidation sites excluding steroid dienone is 1. The van der Waals surface area contributed by atoms with E-state index in [2.05, 4.69) is 20.9 Å². The maximum atomic E-state index is 14.1. The van der Waals surface area contributed by atoms with Crippen LogP contribution in [0.15, 0.2) is 60.3 Å². The second kappa shape index (κ2) is 14.6. The largest absolute Gasteiger partial charge is 0.394 e. The molecule has 48 heavy (non-hydrogen) atoms. The average Bonchev–Trinajstić information content (AvgIpc) is 3.64. The highest BCUT2D eigenvalue weighted by Crippen LogP contribution is 2.33. The van der Waals surface area contributed by atoms with E-state index in [1.807, 2.05) is 55.5 Å². The van der Waals surface area contributed by atoms with Crippen LogP contribution in [0.5, 0.6) is 0 Å². The van der Waals surface area contributed by atoms with Gasteiger partial charge in [0.05, 0.1) is 18.2 Å². The first-order chi connectivity index (χ1) is 22.8. The van der Waals surface area contributed by atoms with Crippen LogP contribution in [-0.2, 0) is 27.2 Å². The van der Waals surface area contributed by atoms with Crippen LogP contribution in [0, 0.1) is 5.92 Å². The third-order valence-electron chi connectivity index (χ3n) is 10.3. The summed E-state index contributed by atoms with van der Waals surface area (Å²) in [5.41, 5.74) is 9.46. The van der Waals surface area contributed by atoms with Gasteiger partial charge in [0.2, 0.25) is 23.5 Å². The van der Waals surface area contributed by atoms with Crippen LogP contribution in [0.2, 0.25) is 0 Å². The topological polar surface area (TPSA) is 190 Å². The van der Waals surface area contributed by atoms with E-state index in [-0.39, 0.29) is 24.7 Å². The summed E-state index contributed by atoms with van der Waals surface area (Å²) in [6.45, 7) is 4.04. The fourth-order valence-electron chi connectivity index (χ4n) is 7.02. The third-order valence-corrected chi connectivity index (χ3v) is 10.3. The van der Waals surface area contributed by atoms with Crippen LogP contribution in [0.1, 0.15) is 76.0 Å². The number of aliphatic hydroxyl groups is 3. The van der Waals surface area contributed by atoms with E-state index in [0.717, 1.165) is 65.3 Å². The van der Waals surface area contributed by atoms with E-state index in [0.29, 0.717) is 12.0 Å². The fourth-order valence-corrected chi connectivity index (χ4v) is 7.02. The maximum absolute atomic E-state index is 14.1. The summed E-state index contributed by atoms with van der Waals surface area (Å²) in [4.78, 5) is 44.2. The summed E-state index contributed by atoms with van der Waals surface area (Å²) in [5, 5.41) is 41.9. The predicted octanol–water partition coefficient (Wildman–Crippen LogP) is 2.58. The molecule has 0 saturated heterocycles. The summed E-state index contributed by atoms with van der Waals surface area (Å²) in [6.07, 6.45) is 7.41. The van der Waals surface area contributed by atoms with Crippen molar-refractivity contribution in [3.05, 3.63) is 77.0 Å². The Labute approximate surface area is 281 Å². The minimum absolute atomic E-state index is 0.0850. The number of para-hydroxylation sites is 1. The van der Waals surface area contributed by atoms with Gasteiger partial charge in [0.1, 0.15) is 12.1 Å². The van der Waals surface area contributed by atoms with Crippen LogP contribution < -0.4 is 21.7 Å². The highest BCUT2D eigenvalue weighted by atomic mass is 16.5. The number of carbonyl (C=O) groups is 3. The van der Waals surface area contributed by atoms with Gasteiger partial charge in [-0.2, -0.15) is 0 Å². The molecule has 1 aromatic heterocycles. The molecule has 11 heteroatoms. The molecule has 9 N–H and O–H groups in total. The summed E-state index contributed by atoms with van der Waals surface area (Å²) < 4.78 is 0. The van der Waals surface area contributed by atoms with Gasteiger partial charge in [-0.05, 0) is 61.4 Å². The molecule has 0 spiro atoms. The van der Waals surface area contributed by atoms with Gasteiger partial charge in [0, 0.05) is 35.5 Å². The minimum atomic E-state index is -2.66. The van der Waals surface area contributed by atoms with Gasteiger partial charge in [0.15, 0.2) is 0 Å². The zero-order valence-electron chi connectivity index (χ0n) is 28.0. The first-order valence-corrected chi connectivity index (χ1v) is 16.9. The van der Waals surface area contributed by atoms with Crippen molar-refractivity contribution in [3.63, 3.8) is 0 Å². The lowest BCUT2D eigenvalue weighted by atomic mass is 9.78. The van der Waals surface area contributed by atoms with Crippen LogP contribution in [0.25, 0.3) is 16.5 Å². The first kappa shape index (κ1) is 35.3. The number of carbonyl (C=O) groups excluding carboxylic acids is 3. The summed E-state index contributed by atoms with van der Waals surface area (Å²) in [6, 6.07) is 12.0. The number of fused-ring (bicyclic) bond motifs is 2. The van der Waals surface area contributed by atoms with Crippen LogP contribution in [0.3, 0.4) is 0 Å². The highest BCUT2D eigenvalue weighted by molar-refractivity contribution is 6.05. The number of aliphatic hydroxyl groups excluding tert-OH is 1. The number of nitrogens with one attached hydrogen (secondary N) is 4. The van der Waals surface area contributed by atoms with Crippen molar-refractivity contribution >= 4 is 34.2 Å². The second-order valence-corrected chi connectivity index (χ2v) is 13.9. The van der Waals surface area contributed by atoms with Crippen molar-refractivity contribution in [2.45, 2.75) is 102 Å². The molecule has 2 aromatic carbocycles. The smallest absolute Gasteiger partial charge is 0.248 e. The van der Waals surface area contributed by atoms with Crippen molar-refractivity contribution in [3.8, 4) is 0 Å². The summed E-state index contributed by atoms with van der Waals surface area (Å²) in [7, 11) is 0. The van der Waals surface area contributed by atoms with Crippen molar-refractivity contribution in [2.75, 3.05) is 6.61 Å². The number of hydrogen-bond donors (Lipinski definition) is 8. The Bertz CT molecular complexity index is 1670. The molecule has 11 nitrogen and oxygen atoms in total. The molecule has 0 radical (unpaired) electrons. The van der Waals surface area contributed by atoms with Gasteiger partial charge in [-0.25, -0.2) is 0 Å². The maximum Gasteiger partial charge on any atom is 0.248 e. The average molecular weight is 660 g/mol. The molecule has 3 amide bonds. The van der Waals surface area contributed by atoms with E-state index < -0.39 is 47.9 Å². The van der Waals surface area contributed by atoms with Gasteiger partial charge in [-0.15, -0.1) is 0 Å². The number of hydrogen-bond acceptors (Lipinski definition) is 7. The van der Waals surface area contributed by atoms with Gasteiger partial charge in [0.25, 0.3) is 0 Å². The second-order valence-electron chi connectivity index (χ2n) is 13.9. The summed E-state index contributed by atoms with van der Waals surface area (Å²) in [5.74, 6) is -4.10. The number of aromatic nitrogens is 1. The lowest BCUT2D eigenvalue weighted by molar-refractivity contribution is -0.235. The zero-order chi connectivity index (χ0) is 34.6. The molecule has 1 heterocycles. The van der Waals surface area contributed by atoms with E-state index in [9.17, 15) is 29.7 Å². The number of rotatable bonds is 13. The molecule has 258 valence electrons. The van der Waals surface area contributed by atoms with Crippen molar-refractivity contribution in [1.82, 2.24) is 20.9 Å². The molecule has 0 aliphatic heterocycles. The predicted molar refractivity (Wildman–Crippen MR) is 184 cm³/mol. The normalized spacial score (nSPS) is 18.5. The molecule has 0 unspecified atom stereocenters. The number of nitrogens with two attached hydrogens (primary N) is 1. The summed E-state index contributed by atoms with van der Waals surface area (Å²) >= 11 is 0. The SMILES string of the molecule is CC1=C(C(=O)N[C@H](C)C(=O)N[C@@H](Cc2c[nH]c3ccccc23)C(=O)N[C@@H](CC2CCCCC2)C(O)(O)[C@@](C)(N)CO)Cc2ccccc21. The highest BCUT2D eigenvalue weighted by Gasteiger charge is 2.50. The molecular weight excluding hydrogens is 610 g/mol. The molecule has 1 saturated carbocycles. The van der Waals surface area contributed by atoms with E-state index in [1.165, 1.54) is 6.92 Å². The quantitative estimate of drug-likeness (QED) is 0.129. The Morgan fingerprint density at radius 2 is 1.67 bits per heavy atom. The third kappa shape index (κ3) is 7.49. The Morgan fingerprint density at radius 3 is 2.38 bits per heavy atom. The van der Waals surface area contributed by atoms with Crippen LogP contribution in [0.4, 0.5) is 0 Å². The van der Waals surface area contributed by atoms with Crippen molar-refractivity contribution < 1.29 is 29.7 Å². The number of amides is 3. The van der Waals surface area contributed by atoms with Gasteiger partial charge >= 0.3 is 0 Å². The Hall–Kier alpha value is -4.03. The van der Waals surface area contributed by atoms with Gasteiger partial charge in [-0.3, -0.25) is 14.4 Å². The van der Waals surface area contributed by atoms with Gasteiger partial charge in [-0.1, -0.05) is 74.6 Å². The zero-order valence-corrected chi connectivity index (χ0v) is 28.0. The molecule has 5 rings (SSSR count). The molecule has 2 aliphatic carbocycles. The van der Waals surface area contributed by atoms with E-state index >= 15 is 0 Å². The molecular formula is C37H49N5O6. The van der Waals surface area contributed by atoms with Gasteiger partial charge < -0.3 is 42.0 Å². The van der Waals surface area contributed by atoms with Crippen molar-refractivity contribution in [2.24, 2.45) is 11.7 Å². The van der Waals surface area contributed by atoms with Crippen LogP contribution in [-0.4, -0.2) is 74.1 Å². The molecule has 1 fully saturated rings. The van der Waals surface area contributed by atoms with Crippen molar-refractivity contribution in [1.29, 1.82) is 0 Å². The minimum Gasteiger partial charge on any atom is -0.394 e. The lowest BCUT2D eigenvalue weighted by Gasteiger charge is -2.44. The van der Waals surface area contributed by atoms with E-state index in [1.54, 1.807) is 13.1 Å². The molecule has 0 bridgehead atoms.